The van der Waals surface area contributed by atoms with Gasteiger partial charge in [-0.25, -0.2) is 0 Å². The summed E-state index contributed by atoms with van der Waals surface area (Å²) in [6.45, 7) is 4.73. The standard InChI is InChI=1S/C58H39NO/c1-57(2)46-26-10-6-19-39(46)42-34-33-37(35-51(42)57)59(53-32-15-25-44-43-24-14-23-38(55(43)60-56(44)53)36-17-4-3-5-18-36)52-31-16-30-50-54(52)45-22-9-13-29-49(45)58(50)47-27-11-7-20-40(47)41-21-8-12-28-48(41)58/h3-35H,1-2H3. The number of nitrogens with zero attached hydrogens (tertiary/aromatic N) is 1. The predicted octanol–water partition coefficient (Wildman–Crippen LogP) is 15.4. The molecule has 60 heavy (non-hydrogen) atoms. The summed E-state index contributed by atoms with van der Waals surface area (Å²) in [4.78, 5) is 2.49. The molecule has 1 aromatic heterocycles. The van der Waals surface area contributed by atoms with E-state index in [1.807, 2.05) is 0 Å². The molecule has 0 unspecified atom stereocenters. The molecule has 2 heteroatoms. The molecule has 282 valence electrons. The zero-order valence-electron chi connectivity index (χ0n) is 33.4. The van der Waals surface area contributed by atoms with E-state index in [9.17, 15) is 0 Å². The molecule has 0 bridgehead atoms. The summed E-state index contributed by atoms with van der Waals surface area (Å²) in [6.07, 6.45) is 0. The highest BCUT2D eigenvalue weighted by Crippen LogP contribution is 2.65. The molecule has 0 fully saturated rings. The molecule has 9 aromatic carbocycles. The van der Waals surface area contributed by atoms with Crippen molar-refractivity contribution in [2.24, 2.45) is 0 Å². The molecular weight excluding hydrogens is 727 g/mol. The number of benzene rings is 9. The highest BCUT2D eigenvalue weighted by molar-refractivity contribution is 6.14. The molecule has 0 N–H and O–H groups in total. The van der Waals surface area contributed by atoms with Crippen molar-refractivity contribution < 1.29 is 4.42 Å². The third kappa shape index (κ3) is 4.22. The minimum absolute atomic E-state index is 0.171. The fourth-order valence-corrected chi connectivity index (χ4v) is 11.4. The number of hydrogen-bond donors (Lipinski definition) is 0. The molecule has 3 aliphatic carbocycles. The quantitative estimate of drug-likeness (QED) is 0.177. The summed E-state index contributed by atoms with van der Waals surface area (Å²) in [7, 11) is 0. The Morgan fingerprint density at radius 2 is 0.867 bits per heavy atom. The van der Waals surface area contributed by atoms with Crippen LogP contribution in [0.1, 0.15) is 47.2 Å². The van der Waals surface area contributed by atoms with Gasteiger partial charge in [-0.2, -0.15) is 0 Å². The van der Waals surface area contributed by atoms with Crippen LogP contribution < -0.4 is 4.90 Å². The highest BCUT2D eigenvalue weighted by Gasteiger charge is 2.52. The van der Waals surface area contributed by atoms with Gasteiger partial charge in [-0.3, -0.25) is 0 Å². The lowest BCUT2D eigenvalue weighted by atomic mass is 9.70. The summed E-state index contributed by atoms with van der Waals surface area (Å²) in [5.41, 5.74) is 22.4. The number of hydrogen-bond acceptors (Lipinski definition) is 2. The number of furan rings is 1. The monoisotopic (exact) mass is 765 g/mol. The second-order valence-electron chi connectivity index (χ2n) is 17.1. The van der Waals surface area contributed by atoms with Crippen molar-refractivity contribution >= 4 is 39.0 Å². The SMILES string of the molecule is CC1(C)c2ccccc2-c2ccc(N(c3cccc4c3-c3ccccc3C43c4ccccc4-c4ccccc43)c3cccc4c3oc3c(-c5ccccc5)cccc34)cc21. The zero-order chi connectivity index (χ0) is 39.7. The Kier molecular flexibility index (Phi) is 6.74. The molecular formula is C58H39NO. The second-order valence-corrected chi connectivity index (χ2v) is 17.1. The van der Waals surface area contributed by atoms with E-state index in [2.05, 4.69) is 219 Å². The van der Waals surface area contributed by atoms with E-state index in [4.69, 9.17) is 4.42 Å². The van der Waals surface area contributed by atoms with Gasteiger partial charge in [0.2, 0.25) is 0 Å². The summed E-state index contributed by atoms with van der Waals surface area (Å²) < 4.78 is 7.21. The lowest BCUT2D eigenvalue weighted by molar-refractivity contribution is 0.660. The van der Waals surface area contributed by atoms with Gasteiger partial charge in [-0.05, 0) is 91.0 Å². The van der Waals surface area contributed by atoms with E-state index in [1.54, 1.807) is 0 Å². The topological polar surface area (TPSA) is 16.4 Å². The number of fused-ring (bicyclic) bond motifs is 16. The Morgan fingerprint density at radius 3 is 1.58 bits per heavy atom. The number of rotatable bonds is 4. The van der Waals surface area contributed by atoms with E-state index in [1.165, 1.54) is 66.8 Å². The van der Waals surface area contributed by atoms with E-state index >= 15 is 0 Å². The van der Waals surface area contributed by atoms with Crippen LogP contribution in [0, 0.1) is 0 Å². The van der Waals surface area contributed by atoms with Crippen molar-refractivity contribution in [3.8, 4) is 44.5 Å². The van der Waals surface area contributed by atoms with Crippen molar-refractivity contribution in [3.05, 3.63) is 234 Å². The maximum Gasteiger partial charge on any atom is 0.159 e. The maximum absolute atomic E-state index is 7.21. The predicted molar refractivity (Wildman–Crippen MR) is 248 cm³/mol. The van der Waals surface area contributed by atoms with Crippen LogP contribution in [0.4, 0.5) is 17.1 Å². The van der Waals surface area contributed by atoms with Crippen LogP contribution in [0.2, 0.25) is 0 Å². The Bertz CT molecular complexity index is 3380. The Morgan fingerprint density at radius 1 is 0.367 bits per heavy atom. The summed E-state index contributed by atoms with van der Waals surface area (Å²) >= 11 is 0. The van der Waals surface area contributed by atoms with Gasteiger partial charge in [0, 0.05) is 33.0 Å². The first-order valence-corrected chi connectivity index (χ1v) is 21.0. The molecule has 0 amide bonds. The Balaban J connectivity index is 1.13. The van der Waals surface area contributed by atoms with Crippen LogP contribution in [-0.2, 0) is 10.8 Å². The van der Waals surface area contributed by atoms with Crippen LogP contribution in [-0.4, -0.2) is 0 Å². The summed E-state index contributed by atoms with van der Waals surface area (Å²) in [6, 6.07) is 74.0. The normalized spacial score (nSPS) is 14.4. The molecule has 0 saturated carbocycles. The average Bonchev–Trinajstić information content (AvgIpc) is 4.00. The minimum atomic E-state index is -0.460. The van der Waals surface area contributed by atoms with E-state index in [0.29, 0.717) is 0 Å². The highest BCUT2D eigenvalue weighted by atomic mass is 16.3. The molecule has 3 aliphatic rings. The van der Waals surface area contributed by atoms with Crippen LogP contribution >= 0.6 is 0 Å². The van der Waals surface area contributed by atoms with Gasteiger partial charge in [0.15, 0.2) is 5.58 Å². The second kappa shape index (κ2) is 12.1. The van der Waals surface area contributed by atoms with E-state index in [-0.39, 0.29) is 5.41 Å². The average molecular weight is 766 g/mol. The van der Waals surface area contributed by atoms with Crippen molar-refractivity contribution in [2.45, 2.75) is 24.7 Å². The fraction of sp³-hybridized carbons (Fsp3) is 0.0690. The first-order chi connectivity index (χ1) is 29.5. The first-order valence-electron chi connectivity index (χ1n) is 21.0. The van der Waals surface area contributed by atoms with Crippen molar-refractivity contribution in [3.63, 3.8) is 0 Å². The smallest absolute Gasteiger partial charge is 0.159 e. The number of anilines is 3. The van der Waals surface area contributed by atoms with Gasteiger partial charge in [0.25, 0.3) is 0 Å². The van der Waals surface area contributed by atoms with E-state index in [0.717, 1.165) is 50.1 Å². The number of para-hydroxylation sites is 2. The Hall–Kier alpha value is -7.42. The maximum atomic E-state index is 7.21. The molecule has 0 saturated heterocycles. The van der Waals surface area contributed by atoms with Gasteiger partial charge in [0.1, 0.15) is 5.58 Å². The third-order valence-electron chi connectivity index (χ3n) is 13.9. The van der Waals surface area contributed by atoms with Crippen molar-refractivity contribution in [1.82, 2.24) is 0 Å². The molecule has 1 spiro atoms. The van der Waals surface area contributed by atoms with Crippen LogP contribution in [0.3, 0.4) is 0 Å². The lowest BCUT2D eigenvalue weighted by Crippen LogP contribution is -2.26. The van der Waals surface area contributed by atoms with Gasteiger partial charge in [0.05, 0.1) is 16.8 Å². The minimum Gasteiger partial charge on any atom is -0.453 e. The lowest BCUT2D eigenvalue weighted by Gasteiger charge is -2.32. The van der Waals surface area contributed by atoms with Crippen molar-refractivity contribution in [1.29, 1.82) is 0 Å². The molecule has 0 atom stereocenters. The van der Waals surface area contributed by atoms with Crippen LogP contribution in [0.5, 0.6) is 0 Å². The molecule has 0 aliphatic heterocycles. The van der Waals surface area contributed by atoms with Gasteiger partial charge >= 0.3 is 0 Å². The molecule has 0 radical (unpaired) electrons. The molecule has 1 heterocycles. The van der Waals surface area contributed by atoms with Crippen LogP contribution in [0.15, 0.2) is 205 Å². The van der Waals surface area contributed by atoms with Gasteiger partial charge in [-0.15, -0.1) is 0 Å². The summed E-state index contributed by atoms with van der Waals surface area (Å²) in [5.74, 6) is 0. The van der Waals surface area contributed by atoms with Crippen LogP contribution in [0.25, 0.3) is 66.4 Å². The molecule has 13 rings (SSSR count). The summed E-state index contributed by atoms with van der Waals surface area (Å²) in [5, 5.41) is 2.21. The van der Waals surface area contributed by atoms with Gasteiger partial charge in [-0.1, -0.05) is 190 Å². The zero-order valence-corrected chi connectivity index (χ0v) is 33.4. The Labute approximate surface area is 349 Å². The largest absolute Gasteiger partial charge is 0.453 e. The van der Waals surface area contributed by atoms with E-state index < -0.39 is 5.41 Å². The third-order valence-corrected chi connectivity index (χ3v) is 13.9. The molecule has 10 aromatic rings. The first kappa shape index (κ1) is 33.5. The van der Waals surface area contributed by atoms with Gasteiger partial charge < -0.3 is 9.32 Å². The van der Waals surface area contributed by atoms with Crippen molar-refractivity contribution in [2.75, 3.05) is 4.90 Å². The molecule has 2 nitrogen and oxygen atoms in total. The fourth-order valence-electron chi connectivity index (χ4n) is 11.4.